The minimum absolute atomic E-state index is 0. The van der Waals surface area contributed by atoms with Crippen LogP contribution < -0.4 is 0 Å². The predicted octanol–water partition coefficient (Wildman–Crippen LogP) is 0.629. The average Bonchev–Trinajstić information content (AvgIpc) is 0. The van der Waals surface area contributed by atoms with Crippen LogP contribution in [0.4, 0.5) is 0 Å². The summed E-state index contributed by atoms with van der Waals surface area (Å²) in [6.07, 6.45) is 0. The zero-order chi connectivity index (χ0) is 0. The molecule has 0 aliphatic carbocycles. The summed E-state index contributed by atoms with van der Waals surface area (Å²) in [6.45, 7) is 0. The van der Waals surface area contributed by atoms with E-state index in [1.165, 1.54) is 0 Å². The van der Waals surface area contributed by atoms with Crippen LogP contribution in [-0.2, 0) is 54.9 Å². The summed E-state index contributed by atoms with van der Waals surface area (Å²) < 4.78 is 0. The Hall–Kier alpha value is 1.71. The summed E-state index contributed by atoms with van der Waals surface area (Å²) >= 11 is 0. The van der Waals surface area contributed by atoms with E-state index in [9.17, 15) is 0 Å². The number of hydrogen-bond donors (Lipinski definition) is 0. The number of rotatable bonds is 0. The van der Waals surface area contributed by atoms with E-state index >= 15 is 0 Å². The topological polar surface area (TPSA) is 0 Å². The molecule has 0 aliphatic heterocycles. The van der Waals surface area contributed by atoms with Crippen LogP contribution in [0.15, 0.2) is 0 Å². The molecule has 0 aromatic rings. The summed E-state index contributed by atoms with van der Waals surface area (Å²) in [7, 11) is 0. The third-order valence-corrected chi connectivity index (χ3v) is 0. The van der Waals surface area contributed by atoms with Gasteiger partial charge in [0.1, 0.15) is 0 Å². The van der Waals surface area contributed by atoms with Crippen LogP contribution in [0.3, 0.4) is 0 Å². The van der Waals surface area contributed by atoms with Gasteiger partial charge in [0.25, 0.3) is 0 Å². The molecule has 0 rings (SSSR count). The second-order valence-corrected chi connectivity index (χ2v) is 0. The van der Waals surface area contributed by atoms with E-state index in [4.69, 9.17) is 0 Å². The summed E-state index contributed by atoms with van der Waals surface area (Å²) in [5, 5.41) is 0. The molecule has 4 heavy (non-hydrogen) atoms. The van der Waals surface area contributed by atoms with Crippen molar-refractivity contribution in [1.29, 1.82) is 0 Å². The van der Waals surface area contributed by atoms with Gasteiger partial charge in [-0.15, -0.1) is 0 Å². The third kappa shape index (κ3) is 9.31. The second-order valence-electron chi connectivity index (χ2n) is 0. The van der Waals surface area contributed by atoms with Gasteiger partial charge in [0, 0.05) is 54.9 Å². The molecule has 0 saturated carbocycles. The fourth-order valence-corrected chi connectivity index (χ4v) is 0. The van der Waals surface area contributed by atoms with Gasteiger partial charge in [-0.25, -0.2) is 0 Å². The van der Waals surface area contributed by atoms with E-state index in [1.807, 2.05) is 0 Å². The van der Waals surface area contributed by atoms with Crippen LogP contribution in [0.1, 0.15) is 7.43 Å². The van der Waals surface area contributed by atoms with Crippen LogP contribution in [0.5, 0.6) is 0 Å². The molecule has 0 N–H and O–H groups in total. The molecular weight excluding hydrogens is 219 g/mol. The van der Waals surface area contributed by atoms with Crippen molar-refractivity contribution in [2.24, 2.45) is 0 Å². The van der Waals surface area contributed by atoms with Crippen LogP contribution in [0.25, 0.3) is 0 Å². The van der Waals surface area contributed by atoms with Crippen molar-refractivity contribution < 1.29 is 54.9 Å². The van der Waals surface area contributed by atoms with Gasteiger partial charge in [-0.05, 0) is 0 Å². The minimum atomic E-state index is 0. The summed E-state index contributed by atoms with van der Waals surface area (Å²) in [5.74, 6) is 0. The molecule has 0 aliphatic rings. The first-order valence-corrected chi connectivity index (χ1v) is 0. The van der Waals surface area contributed by atoms with Gasteiger partial charge in [-0.3, -0.25) is 0 Å². The summed E-state index contributed by atoms with van der Waals surface area (Å²) in [4.78, 5) is 0. The molecule has 0 aromatic heterocycles. The molecule has 0 fully saturated rings. The fourth-order valence-electron chi connectivity index (χ4n) is 0. The first kappa shape index (κ1) is 43.2. The van der Waals surface area contributed by atoms with Crippen molar-refractivity contribution in [3.05, 3.63) is 0 Å². The summed E-state index contributed by atoms with van der Waals surface area (Å²) in [6, 6.07) is 0. The van der Waals surface area contributed by atoms with Gasteiger partial charge in [-0.2, -0.15) is 0 Å². The Balaban J connectivity index is 0. The van der Waals surface area contributed by atoms with Crippen LogP contribution in [-0.4, -0.2) is 0 Å². The monoisotopic (exact) mass is 224 g/mol. The standard InChI is InChI=1S/CH4.Cr.Mo.Ni/h1H4;;;. The van der Waals surface area contributed by atoms with E-state index in [0.29, 0.717) is 0 Å². The largest absolute Gasteiger partial charge is 0.0776 e. The fraction of sp³-hybridized carbons (Fsp3) is 1.00. The molecular formula is CH4CrMoNi. The molecule has 3 heteroatoms. The quantitative estimate of drug-likeness (QED) is 0.528. The molecule has 0 spiro atoms. The van der Waals surface area contributed by atoms with Crippen molar-refractivity contribution in [2.45, 2.75) is 7.43 Å². The summed E-state index contributed by atoms with van der Waals surface area (Å²) in [5.41, 5.74) is 0. The van der Waals surface area contributed by atoms with Crippen molar-refractivity contribution in [3.63, 3.8) is 0 Å². The zero-order valence-corrected chi connectivity index (χ0v) is 5.40. The second kappa shape index (κ2) is 22.1. The maximum absolute atomic E-state index is 0. The van der Waals surface area contributed by atoms with E-state index in [0.717, 1.165) is 0 Å². The van der Waals surface area contributed by atoms with E-state index < -0.39 is 0 Å². The zero-order valence-electron chi connectivity index (χ0n) is 1.13. The Morgan fingerprint density at radius 1 is 1.00 bits per heavy atom. The molecule has 0 aromatic carbocycles. The molecule has 0 heterocycles. The van der Waals surface area contributed by atoms with E-state index in [-0.39, 0.29) is 62.3 Å². The molecule has 30 valence electrons. The number of hydrogen-bond acceptors (Lipinski definition) is 0. The minimum Gasteiger partial charge on any atom is -0.0776 e. The van der Waals surface area contributed by atoms with E-state index in [1.54, 1.807) is 0 Å². The van der Waals surface area contributed by atoms with Crippen molar-refractivity contribution in [2.75, 3.05) is 0 Å². The average molecular weight is 223 g/mol. The van der Waals surface area contributed by atoms with Crippen molar-refractivity contribution in [3.8, 4) is 0 Å². The maximum atomic E-state index is 0. The van der Waals surface area contributed by atoms with Gasteiger partial charge in [-0.1, -0.05) is 7.43 Å². The SMILES string of the molecule is C.[Cr].[Mo].[Ni]. The normalized spacial score (nSPS) is 0. The van der Waals surface area contributed by atoms with Gasteiger partial charge in [0.05, 0.1) is 0 Å². The Morgan fingerprint density at radius 3 is 1.00 bits per heavy atom. The van der Waals surface area contributed by atoms with Crippen LogP contribution in [0, 0.1) is 0 Å². The van der Waals surface area contributed by atoms with Crippen molar-refractivity contribution >= 4 is 0 Å². The Labute approximate surface area is 62.0 Å². The maximum Gasteiger partial charge on any atom is 0 e. The first-order valence-electron chi connectivity index (χ1n) is 0. The van der Waals surface area contributed by atoms with Crippen LogP contribution >= 0.6 is 0 Å². The molecule has 0 atom stereocenters. The third-order valence-electron chi connectivity index (χ3n) is 0. The molecule has 0 unspecified atom stereocenters. The van der Waals surface area contributed by atoms with Gasteiger partial charge >= 0.3 is 0 Å². The molecule has 0 bridgehead atoms. The van der Waals surface area contributed by atoms with Gasteiger partial charge in [0.15, 0.2) is 0 Å². The predicted molar refractivity (Wildman–Crippen MR) is 6.73 cm³/mol. The van der Waals surface area contributed by atoms with Gasteiger partial charge < -0.3 is 0 Å². The Morgan fingerprint density at radius 2 is 1.00 bits per heavy atom. The van der Waals surface area contributed by atoms with Crippen molar-refractivity contribution in [1.82, 2.24) is 0 Å². The van der Waals surface area contributed by atoms with E-state index in [2.05, 4.69) is 0 Å². The Kier molecular flexibility index (Phi) is 239. The molecule has 0 nitrogen and oxygen atoms in total. The van der Waals surface area contributed by atoms with Gasteiger partial charge in [0.2, 0.25) is 0 Å². The van der Waals surface area contributed by atoms with Crippen LogP contribution in [0.2, 0.25) is 0 Å². The molecule has 0 saturated heterocycles. The molecule has 0 radical (unpaired) electrons. The first-order chi connectivity index (χ1) is 0. The molecule has 0 amide bonds. The Bertz CT molecular complexity index is 8.00. The smallest absolute Gasteiger partial charge is 0 e.